The number of halogens is 1. The second kappa shape index (κ2) is 13.1. The molecule has 1 atom stereocenters. The Morgan fingerprint density at radius 1 is 1.03 bits per heavy atom. The predicted octanol–water partition coefficient (Wildman–Crippen LogP) is 3.86. The minimum absolute atomic E-state index is 0.0351. The molecule has 0 spiro atoms. The molecule has 0 aromatic heterocycles. The number of benzene rings is 2. The maximum atomic E-state index is 13.1. The summed E-state index contributed by atoms with van der Waals surface area (Å²) in [4.78, 5) is 34.3. The lowest BCUT2D eigenvalue weighted by Gasteiger charge is -2.35. The van der Waals surface area contributed by atoms with Crippen LogP contribution in [0, 0.1) is 0 Å². The van der Waals surface area contributed by atoms with E-state index in [9.17, 15) is 9.59 Å². The maximum absolute atomic E-state index is 13.1. The summed E-state index contributed by atoms with van der Waals surface area (Å²) in [7, 11) is 0. The van der Waals surface area contributed by atoms with E-state index in [1.807, 2.05) is 11.0 Å². The molecule has 0 saturated carbocycles. The fourth-order valence-corrected chi connectivity index (χ4v) is 5.35. The zero-order chi connectivity index (χ0) is 26.2. The summed E-state index contributed by atoms with van der Waals surface area (Å²) in [6, 6.07) is 16.9. The van der Waals surface area contributed by atoms with E-state index in [1.165, 1.54) is 5.56 Å². The van der Waals surface area contributed by atoms with Gasteiger partial charge >= 0.3 is 0 Å². The first kappa shape index (κ1) is 27.3. The Bertz CT molecular complexity index is 1090. The van der Waals surface area contributed by atoms with E-state index in [4.69, 9.17) is 23.8 Å². The van der Waals surface area contributed by atoms with Crippen LogP contribution in [0.2, 0.25) is 5.02 Å². The van der Waals surface area contributed by atoms with Gasteiger partial charge in [0.1, 0.15) is 6.04 Å². The highest BCUT2D eigenvalue weighted by Crippen LogP contribution is 2.22. The van der Waals surface area contributed by atoms with Crippen molar-refractivity contribution in [3.8, 4) is 0 Å². The van der Waals surface area contributed by atoms with Crippen LogP contribution in [-0.2, 0) is 16.1 Å². The van der Waals surface area contributed by atoms with Gasteiger partial charge in [-0.3, -0.25) is 19.4 Å². The summed E-state index contributed by atoms with van der Waals surface area (Å²) in [5.41, 5.74) is 1.99. The molecule has 1 unspecified atom stereocenters. The molecule has 37 heavy (non-hydrogen) atoms. The molecule has 2 heterocycles. The Balaban J connectivity index is 1.28. The van der Waals surface area contributed by atoms with Crippen LogP contribution in [0.1, 0.15) is 18.4 Å². The Labute approximate surface area is 229 Å². The number of thiocarbonyl (C=S) groups is 1. The van der Waals surface area contributed by atoms with Crippen LogP contribution in [0.25, 0.3) is 0 Å². The summed E-state index contributed by atoms with van der Waals surface area (Å²) in [6.45, 7) is 10.7. The number of rotatable bonds is 11. The third kappa shape index (κ3) is 7.38. The Morgan fingerprint density at radius 3 is 2.38 bits per heavy atom. The fourth-order valence-electron chi connectivity index (χ4n) is 4.84. The average molecular weight is 540 g/mol. The van der Waals surface area contributed by atoms with Crippen molar-refractivity contribution in [3.63, 3.8) is 0 Å². The van der Waals surface area contributed by atoms with Crippen LogP contribution < -0.4 is 5.32 Å². The van der Waals surface area contributed by atoms with Gasteiger partial charge in [0.2, 0.25) is 5.91 Å². The number of hydrogen-bond acceptors (Lipinski definition) is 5. The molecule has 2 saturated heterocycles. The molecule has 2 aliphatic heterocycles. The number of carbonyl (C=O) groups is 2. The molecule has 1 N–H and O–H groups in total. The number of nitrogens with zero attached hydrogens (tertiary/aromatic N) is 4. The smallest absolute Gasteiger partial charge is 0.252 e. The van der Waals surface area contributed by atoms with Gasteiger partial charge in [0.15, 0.2) is 5.11 Å². The van der Waals surface area contributed by atoms with Crippen molar-refractivity contribution in [2.45, 2.75) is 25.4 Å². The molecular formula is C28H34ClN5O2S. The quantitative estimate of drug-likeness (QED) is 0.346. The number of amides is 2. The first-order valence-corrected chi connectivity index (χ1v) is 13.5. The fraction of sp³-hybridized carbons (Fsp3) is 0.393. The first-order chi connectivity index (χ1) is 17.9. The van der Waals surface area contributed by atoms with Gasteiger partial charge in [-0.15, -0.1) is 6.58 Å². The third-order valence-electron chi connectivity index (χ3n) is 6.81. The van der Waals surface area contributed by atoms with E-state index in [2.05, 4.69) is 46.0 Å². The number of piperazine rings is 1. The van der Waals surface area contributed by atoms with Crippen LogP contribution in [0.3, 0.4) is 0 Å². The highest BCUT2D eigenvalue weighted by molar-refractivity contribution is 7.80. The molecule has 2 amide bonds. The molecule has 7 nitrogen and oxygen atoms in total. The van der Waals surface area contributed by atoms with Gasteiger partial charge in [-0.05, 0) is 55.0 Å². The van der Waals surface area contributed by atoms with Crippen molar-refractivity contribution in [3.05, 3.63) is 77.8 Å². The van der Waals surface area contributed by atoms with Gasteiger partial charge in [0.25, 0.3) is 5.91 Å². The summed E-state index contributed by atoms with van der Waals surface area (Å²) in [6.07, 6.45) is 2.56. The molecule has 2 fully saturated rings. The van der Waals surface area contributed by atoms with E-state index in [-0.39, 0.29) is 18.2 Å². The van der Waals surface area contributed by atoms with E-state index < -0.39 is 6.04 Å². The van der Waals surface area contributed by atoms with Crippen LogP contribution in [0.4, 0.5) is 5.69 Å². The van der Waals surface area contributed by atoms with Crippen molar-refractivity contribution in [1.82, 2.24) is 19.6 Å². The van der Waals surface area contributed by atoms with Crippen molar-refractivity contribution in [2.75, 3.05) is 51.1 Å². The van der Waals surface area contributed by atoms with Gasteiger partial charge in [-0.25, -0.2) is 0 Å². The monoisotopic (exact) mass is 539 g/mol. The molecule has 0 radical (unpaired) electrons. The highest BCUT2D eigenvalue weighted by atomic mass is 35.5. The SMILES string of the molecule is C=CCN1C(=O)C(CC(=O)Nc2ccc(Cl)cc2)N(CCCN2CCN(Cc3ccccc3)CC2)C1=S. The van der Waals surface area contributed by atoms with Crippen molar-refractivity contribution < 1.29 is 9.59 Å². The topological polar surface area (TPSA) is 59.1 Å². The second-order valence-corrected chi connectivity index (χ2v) is 10.2. The van der Waals surface area contributed by atoms with E-state index >= 15 is 0 Å². The second-order valence-electron chi connectivity index (χ2n) is 9.45. The number of carbonyl (C=O) groups excluding carboxylic acids is 2. The Hall–Kier alpha value is -2.78. The molecule has 9 heteroatoms. The van der Waals surface area contributed by atoms with Crippen molar-refractivity contribution in [1.29, 1.82) is 0 Å². The summed E-state index contributed by atoms with van der Waals surface area (Å²) < 4.78 is 0. The molecular weight excluding hydrogens is 506 g/mol. The van der Waals surface area contributed by atoms with Crippen LogP contribution >= 0.6 is 23.8 Å². The minimum atomic E-state index is -0.609. The average Bonchev–Trinajstić information content (AvgIpc) is 3.11. The van der Waals surface area contributed by atoms with Crippen LogP contribution in [0.15, 0.2) is 67.3 Å². The lowest BCUT2D eigenvalue weighted by atomic mass is 10.1. The van der Waals surface area contributed by atoms with Crippen molar-refractivity contribution in [2.24, 2.45) is 0 Å². The van der Waals surface area contributed by atoms with Gasteiger partial charge in [0, 0.05) is 56.5 Å². The number of hydrogen-bond donors (Lipinski definition) is 1. The molecule has 196 valence electrons. The minimum Gasteiger partial charge on any atom is -0.336 e. The van der Waals surface area contributed by atoms with E-state index in [0.717, 1.165) is 45.7 Å². The molecule has 2 aliphatic rings. The zero-order valence-corrected chi connectivity index (χ0v) is 22.6. The summed E-state index contributed by atoms with van der Waals surface area (Å²) >= 11 is 11.6. The highest BCUT2D eigenvalue weighted by Gasteiger charge is 2.42. The predicted molar refractivity (Wildman–Crippen MR) is 152 cm³/mol. The molecule has 2 aromatic carbocycles. The molecule has 4 rings (SSSR count). The Kier molecular flexibility index (Phi) is 9.68. The lowest BCUT2D eigenvalue weighted by Crippen LogP contribution is -2.47. The van der Waals surface area contributed by atoms with Crippen LogP contribution in [-0.4, -0.2) is 88.4 Å². The zero-order valence-electron chi connectivity index (χ0n) is 21.0. The van der Waals surface area contributed by atoms with Crippen LogP contribution in [0.5, 0.6) is 0 Å². The molecule has 2 aromatic rings. The summed E-state index contributed by atoms with van der Waals surface area (Å²) in [5, 5.41) is 3.93. The van der Waals surface area contributed by atoms with Gasteiger partial charge in [-0.1, -0.05) is 48.0 Å². The molecule has 0 aliphatic carbocycles. The van der Waals surface area contributed by atoms with Crippen molar-refractivity contribution >= 4 is 46.4 Å². The lowest BCUT2D eigenvalue weighted by molar-refractivity contribution is -0.130. The third-order valence-corrected chi connectivity index (χ3v) is 7.52. The normalized spacial score (nSPS) is 18.9. The van der Waals surface area contributed by atoms with E-state index in [0.29, 0.717) is 28.9 Å². The number of anilines is 1. The summed E-state index contributed by atoms with van der Waals surface area (Å²) in [5.74, 6) is -0.380. The Morgan fingerprint density at radius 2 is 1.70 bits per heavy atom. The van der Waals surface area contributed by atoms with Gasteiger partial charge in [0.05, 0.1) is 6.42 Å². The molecule has 0 bridgehead atoms. The van der Waals surface area contributed by atoms with Gasteiger partial charge in [-0.2, -0.15) is 0 Å². The van der Waals surface area contributed by atoms with E-state index in [1.54, 1.807) is 35.2 Å². The number of nitrogens with one attached hydrogen (secondary N) is 1. The largest absolute Gasteiger partial charge is 0.336 e. The first-order valence-electron chi connectivity index (χ1n) is 12.7. The standard InChI is InChI=1S/C28H34ClN5O2S/c1-2-13-34-27(36)25(20-26(35)30-24-11-9-23(29)10-12-24)33(28(34)37)15-6-14-31-16-18-32(19-17-31)21-22-7-4-3-5-8-22/h2-5,7-12,25H,1,6,13-21H2,(H,30,35). The van der Waals surface area contributed by atoms with Gasteiger partial charge < -0.3 is 15.1 Å². The maximum Gasteiger partial charge on any atom is 0.252 e.